The van der Waals surface area contributed by atoms with Crippen LogP contribution < -0.4 is 4.57 Å². The maximum absolute atomic E-state index is 3.62. The van der Waals surface area contributed by atoms with E-state index in [-0.39, 0.29) is 0 Å². The van der Waals surface area contributed by atoms with E-state index >= 15 is 0 Å². The van der Waals surface area contributed by atoms with Gasteiger partial charge in [-0.1, -0.05) is 64.5 Å². The van der Waals surface area contributed by atoms with E-state index in [0.717, 1.165) is 11.9 Å². The monoisotopic (exact) mass is 312 g/mol. The van der Waals surface area contributed by atoms with Gasteiger partial charge in [0.1, 0.15) is 0 Å². The van der Waals surface area contributed by atoms with Crippen molar-refractivity contribution < 1.29 is 4.57 Å². The molecule has 94 valence electrons. The Morgan fingerprint density at radius 2 is 1.58 bits per heavy atom. The summed E-state index contributed by atoms with van der Waals surface area (Å²) in [5, 5.41) is 3.47. The first-order chi connectivity index (χ1) is 9.38. The largest absolute Gasteiger partial charge is 0.200 e. The van der Waals surface area contributed by atoms with Gasteiger partial charge in [-0.2, -0.15) is 4.57 Å². The zero-order valence-corrected chi connectivity index (χ0v) is 12.2. The number of alkyl halides is 1. The molecule has 0 amide bonds. The third kappa shape index (κ3) is 2.54. The summed E-state index contributed by atoms with van der Waals surface area (Å²) in [6.45, 7) is 0.909. The van der Waals surface area contributed by atoms with Crippen LogP contribution >= 0.6 is 15.9 Å². The summed E-state index contributed by atoms with van der Waals surface area (Å²) in [6, 6.07) is 21.3. The second-order valence-corrected chi connectivity index (χ2v) is 5.16. The van der Waals surface area contributed by atoms with Crippen molar-refractivity contribution in [1.82, 2.24) is 0 Å². The first-order valence-corrected chi connectivity index (χ1v) is 7.50. The SMILES string of the molecule is BrCc1c2ccccc2cc[n+]1Cc1ccccc1. The predicted molar refractivity (Wildman–Crippen MR) is 82.3 cm³/mol. The summed E-state index contributed by atoms with van der Waals surface area (Å²) in [5.41, 5.74) is 2.65. The molecule has 0 unspecified atom stereocenters. The van der Waals surface area contributed by atoms with E-state index in [2.05, 4.69) is 87.4 Å². The third-order valence-corrected chi connectivity index (χ3v) is 3.91. The normalized spacial score (nSPS) is 10.8. The fourth-order valence-electron chi connectivity index (χ4n) is 2.40. The quantitative estimate of drug-likeness (QED) is 0.507. The third-order valence-electron chi connectivity index (χ3n) is 3.37. The van der Waals surface area contributed by atoms with Crippen LogP contribution in [-0.2, 0) is 11.9 Å². The molecule has 19 heavy (non-hydrogen) atoms. The zero-order valence-electron chi connectivity index (χ0n) is 10.6. The first kappa shape index (κ1) is 12.4. The van der Waals surface area contributed by atoms with Crippen LogP contribution in [-0.4, -0.2) is 0 Å². The standard InChI is InChI=1S/C17H15BrN/c18-12-17-16-9-5-4-8-15(16)10-11-19(17)13-14-6-2-1-3-7-14/h1-11H,12-13H2/q+1. The van der Waals surface area contributed by atoms with Crippen molar-refractivity contribution in [3.05, 3.63) is 78.1 Å². The topological polar surface area (TPSA) is 3.88 Å². The lowest BCUT2D eigenvalue weighted by Gasteiger charge is -2.05. The van der Waals surface area contributed by atoms with Crippen LogP contribution in [0, 0.1) is 0 Å². The number of fused-ring (bicyclic) bond motifs is 1. The predicted octanol–water partition coefficient (Wildman–Crippen LogP) is 4.07. The Kier molecular flexibility index (Phi) is 3.60. The molecule has 0 aliphatic heterocycles. The van der Waals surface area contributed by atoms with Crippen molar-refractivity contribution >= 4 is 26.7 Å². The van der Waals surface area contributed by atoms with E-state index in [0.29, 0.717) is 0 Å². The van der Waals surface area contributed by atoms with E-state index < -0.39 is 0 Å². The minimum atomic E-state index is 0.862. The lowest BCUT2D eigenvalue weighted by molar-refractivity contribution is -0.693. The Morgan fingerprint density at radius 1 is 0.842 bits per heavy atom. The van der Waals surface area contributed by atoms with Gasteiger partial charge >= 0.3 is 0 Å². The Bertz CT molecular complexity index is 692. The molecule has 2 heteroatoms. The fraction of sp³-hybridized carbons (Fsp3) is 0.118. The summed E-state index contributed by atoms with van der Waals surface area (Å²) in [7, 11) is 0. The highest BCUT2D eigenvalue weighted by Crippen LogP contribution is 2.17. The van der Waals surface area contributed by atoms with Crippen LogP contribution in [0.2, 0.25) is 0 Å². The lowest BCUT2D eigenvalue weighted by Crippen LogP contribution is -2.38. The molecule has 0 fully saturated rings. The molecule has 1 heterocycles. The number of hydrogen-bond acceptors (Lipinski definition) is 0. The second-order valence-electron chi connectivity index (χ2n) is 4.60. The minimum absolute atomic E-state index is 0.862. The fourth-order valence-corrected chi connectivity index (χ4v) is 3.02. The molecule has 0 atom stereocenters. The number of aromatic nitrogens is 1. The van der Waals surface area contributed by atoms with Gasteiger partial charge in [-0.05, 0) is 11.5 Å². The van der Waals surface area contributed by atoms with Gasteiger partial charge in [0.15, 0.2) is 18.4 Å². The Hall–Kier alpha value is -1.67. The van der Waals surface area contributed by atoms with Crippen molar-refractivity contribution in [2.75, 3.05) is 0 Å². The Labute approximate surface area is 121 Å². The van der Waals surface area contributed by atoms with Gasteiger partial charge in [-0.25, -0.2) is 0 Å². The molecule has 3 aromatic rings. The summed E-state index contributed by atoms with van der Waals surface area (Å²) >= 11 is 3.62. The molecule has 0 aliphatic rings. The van der Waals surface area contributed by atoms with E-state index in [1.165, 1.54) is 22.0 Å². The van der Waals surface area contributed by atoms with Crippen LogP contribution in [0.5, 0.6) is 0 Å². The Balaban J connectivity index is 2.08. The maximum atomic E-state index is 3.62. The van der Waals surface area contributed by atoms with E-state index in [1.807, 2.05) is 0 Å². The van der Waals surface area contributed by atoms with Gasteiger partial charge in [-0.15, -0.1) is 0 Å². The molecule has 1 nitrogen and oxygen atoms in total. The summed E-state index contributed by atoms with van der Waals surface area (Å²) in [4.78, 5) is 0. The van der Waals surface area contributed by atoms with Gasteiger partial charge in [0.2, 0.25) is 0 Å². The van der Waals surface area contributed by atoms with Gasteiger partial charge in [0, 0.05) is 17.0 Å². The number of nitrogens with zero attached hydrogens (tertiary/aromatic N) is 1. The summed E-state index contributed by atoms with van der Waals surface area (Å²) < 4.78 is 2.31. The maximum Gasteiger partial charge on any atom is 0.200 e. The van der Waals surface area contributed by atoms with Crippen molar-refractivity contribution in [2.24, 2.45) is 0 Å². The van der Waals surface area contributed by atoms with Crippen molar-refractivity contribution in [1.29, 1.82) is 0 Å². The van der Waals surface area contributed by atoms with E-state index in [4.69, 9.17) is 0 Å². The average Bonchev–Trinajstić information content (AvgIpc) is 2.48. The van der Waals surface area contributed by atoms with Gasteiger partial charge < -0.3 is 0 Å². The van der Waals surface area contributed by atoms with Gasteiger partial charge in [0.05, 0.1) is 5.33 Å². The molecule has 0 N–H and O–H groups in total. The highest BCUT2D eigenvalue weighted by Gasteiger charge is 2.13. The minimum Gasteiger partial charge on any atom is -0.197 e. The lowest BCUT2D eigenvalue weighted by atomic mass is 10.1. The highest BCUT2D eigenvalue weighted by molar-refractivity contribution is 9.08. The first-order valence-electron chi connectivity index (χ1n) is 6.38. The number of pyridine rings is 1. The van der Waals surface area contributed by atoms with Crippen molar-refractivity contribution in [2.45, 2.75) is 11.9 Å². The van der Waals surface area contributed by atoms with Crippen LogP contribution in [0.15, 0.2) is 66.9 Å². The second kappa shape index (κ2) is 5.54. The van der Waals surface area contributed by atoms with Crippen LogP contribution in [0.3, 0.4) is 0 Å². The summed E-state index contributed by atoms with van der Waals surface area (Å²) in [5.74, 6) is 0. The number of benzene rings is 2. The van der Waals surface area contributed by atoms with Crippen molar-refractivity contribution in [3.8, 4) is 0 Å². The molecule has 0 bridgehead atoms. The van der Waals surface area contributed by atoms with Crippen LogP contribution in [0.1, 0.15) is 11.3 Å². The van der Waals surface area contributed by atoms with Gasteiger partial charge in [0.25, 0.3) is 0 Å². The van der Waals surface area contributed by atoms with Crippen LogP contribution in [0.4, 0.5) is 0 Å². The number of rotatable bonds is 3. The molecule has 0 saturated heterocycles. The molecule has 0 spiro atoms. The summed E-state index contributed by atoms with van der Waals surface area (Å²) in [6.07, 6.45) is 2.17. The molecular formula is C17H15BrN+. The molecule has 0 aliphatic carbocycles. The Morgan fingerprint density at radius 3 is 2.37 bits per heavy atom. The average molecular weight is 313 g/mol. The van der Waals surface area contributed by atoms with Crippen molar-refractivity contribution in [3.63, 3.8) is 0 Å². The molecule has 2 aromatic carbocycles. The van der Waals surface area contributed by atoms with E-state index in [1.54, 1.807) is 0 Å². The number of hydrogen-bond donors (Lipinski definition) is 0. The number of halogens is 1. The molecular weight excluding hydrogens is 298 g/mol. The molecule has 3 rings (SSSR count). The molecule has 0 radical (unpaired) electrons. The highest BCUT2D eigenvalue weighted by atomic mass is 79.9. The van der Waals surface area contributed by atoms with Gasteiger partial charge in [-0.3, -0.25) is 0 Å². The van der Waals surface area contributed by atoms with E-state index in [9.17, 15) is 0 Å². The molecule has 0 saturated carbocycles. The smallest absolute Gasteiger partial charge is 0.197 e. The zero-order chi connectivity index (χ0) is 13.1. The van der Waals surface area contributed by atoms with Crippen LogP contribution in [0.25, 0.3) is 10.8 Å². The molecule has 1 aromatic heterocycles.